The molecule has 1 N–H and O–H groups in total. The van der Waals surface area contributed by atoms with Crippen LogP contribution in [0.3, 0.4) is 0 Å². The highest BCUT2D eigenvalue weighted by Crippen LogP contribution is 2.35. The highest BCUT2D eigenvalue weighted by atomic mass is 35.5. The number of halogens is 3. The zero-order valence-corrected chi connectivity index (χ0v) is 23.2. The van der Waals surface area contributed by atoms with Crippen LogP contribution >= 0.6 is 34.8 Å². The minimum Gasteiger partial charge on any atom is -0.354 e. The number of carbonyl (C=O) groups is 2. The molecule has 2 aromatic carbocycles. The van der Waals surface area contributed by atoms with E-state index in [2.05, 4.69) is 5.32 Å². The van der Waals surface area contributed by atoms with Gasteiger partial charge in [-0.15, -0.1) is 0 Å². The van der Waals surface area contributed by atoms with Gasteiger partial charge in [0.05, 0.1) is 27.0 Å². The van der Waals surface area contributed by atoms with Gasteiger partial charge in [-0.3, -0.25) is 13.9 Å². The lowest BCUT2D eigenvalue weighted by Crippen LogP contribution is -2.52. The molecule has 0 radical (unpaired) electrons. The maximum atomic E-state index is 13.7. The van der Waals surface area contributed by atoms with Crippen molar-refractivity contribution in [2.24, 2.45) is 0 Å². The lowest BCUT2D eigenvalue weighted by molar-refractivity contribution is -0.140. The van der Waals surface area contributed by atoms with Crippen LogP contribution in [0, 0.1) is 6.92 Å². The van der Waals surface area contributed by atoms with Gasteiger partial charge >= 0.3 is 0 Å². The van der Waals surface area contributed by atoms with Crippen LogP contribution in [0.4, 0.5) is 5.69 Å². The third kappa shape index (κ3) is 7.74. The fourth-order valence-electron chi connectivity index (χ4n) is 3.55. The monoisotopic (exact) mass is 561 g/mol. The Kier molecular flexibility index (Phi) is 10.7. The maximum absolute atomic E-state index is 13.7. The fourth-order valence-corrected chi connectivity index (χ4v) is 5.10. The summed E-state index contributed by atoms with van der Waals surface area (Å²) in [5.41, 5.74) is 1.82. The molecule has 0 aliphatic rings. The van der Waals surface area contributed by atoms with Crippen LogP contribution < -0.4 is 9.62 Å². The molecule has 192 valence electrons. The van der Waals surface area contributed by atoms with Crippen molar-refractivity contribution in [2.75, 3.05) is 23.7 Å². The number of nitrogens with zero attached hydrogens (tertiary/aromatic N) is 2. The first-order chi connectivity index (χ1) is 16.4. The zero-order valence-electron chi connectivity index (χ0n) is 20.1. The predicted molar refractivity (Wildman–Crippen MR) is 143 cm³/mol. The first-order valence-corrected chi connectivity index (χ1v) is 14.1. The van der Waals surface area contributed by atoms with Crippen molar-refractivity contribution in [3.05, 3.63) is 62.6 Å². The van der Waals surface area contributed by atoms with Crippen molar-refractivity contribution in [3.8, 4) is 0 Å². The Hall–Kier alpha value is -2.00. The average molecular weight is 563 g/mol. The number of nitrogens with one attached hydrogen (secondary N) is 1. The summed E-state index contributed by atoms with van der Waals surface area (Å²) in [7, 11) is -3.95. The Labute approximate surface area is 222 Å². The molecular formula is C24H30Cl3N3O4S. The van der Waals surface area contributed by atoms with Crippen LogP contribution in [-0.2, 0) is 26.2 Å². The Morgan fingerprint density at radius 1 is 1.03 bits per heavy atom. The zero-order chi connectivity index (χ0) is 26.3. The summed E-state index contributed by atoms with van der Waals surface area (Å²) in [5.74, 6) is -0.853. The van der Waals surface area contributed by atoms with Gasteiger partial charge in [-0.2, -0.15) is 0 Å². The van der Waals surface area contributed by atoms with Gasteiger partial charge in [0.15, 0.2) is 0 Å². The summed E-state index contributed by atoms with van der Waals surface area (Å²) in [4.78, 5) is 28.0. The molecule has 0 bridgehead atoms. The van der Waals surface area contributed by atoms with Crippen molar-refractivity contribution in [1.82, 2.24) is 10.2 Å². The molecule has 0 unspecified atom stereocenters. The highest BCUT2D eigenvalue weighted by molar-refractivity contribution is 7.92. The minimum atomic E-state index is -3.95. The van der Waals surface area contributed by atoms with Crippen LogP contribution in [0.2, 0.25) is 15.1 Å². The third-order valence-electron chi connectivity index (χ3n) is 5.47. The van der Waals surface area contributed by atoms with E-state index in [1.165, 1.54) is 17.0 Å². The van der Waals surface area contributed by atoms with Gasteiger partial charge < -0.3 is 10.2 Å². The average Bonchev–Trinajstić information content (AvgIpc) is 2.78. The fraction of sp³-hybridized carbons (Fsp3) is 0.417. The molecule has 0 heterocycles. The van der Waals surface area contributed by atoms with Gasteiger partial charge in [0.2, 0.25) is 21.8 Å². The molecule has 0 spiro atoms. The summed E-state index contributed by atoms with van der Waals surface area (Å²) in [6.45, 7) is 5.68. The van der Waals surface area contributed by atoms with Gasteiger partial charge in [-0.25, -0.2) is 8.42 Å². The smallest absolute Gasteiger partial charge is 0.244 e. The number of carbonyl (C=O) groups excluding carboxylic acids is 2. The van der Waals surface area contributed by atoms with Gasteiger partial charge in [-0.05, 0) is 43.0 Å². The highest BCUT2D eigenvalue weighted by Gasteiger charge is 2.32. The molecule has 0 saturated carbocycles. The molecule has 2 amide bonds. The molecule has 1 atom stereocenters. The molecule has 0 aliphatic carbocycles. The van der Waals surface area contributed by atoms with Crippen LogP contribution in [0.25, 0.3) is 0 Å². The first kappa shape index (κ1) is 29.2. The molecule has 2 rings (SSSR count). The van der Waals surface area contributed by atoms with E-state index in [0.717, 1.165) is 28.1 Å². The Bertz CT molecular complexity index is 1170. The van der Waals surface area contributed by atoms with Crippen LogP contribution in [0.1, 0.15) is 37.8 Å². The Morgan fingerprint density at radius 3 is 2.23 bits per heavy atom. The number of anilines is 1. The van der Waals surface area contributed by atoms with Crippen LogP contribution in [0.5, 0.6) is 0 Å². The first-order valence-electron chi connectivity index (χ1n) is 11.1. The number of rotatable bonds is 11. The number of hydrogen-bond acceptors (Lipinski definition) is 4. The maximum Gasteiger partial charge on any atom is 0.244 e. The van der Waals surface area contributed by atoms with Gasteiger partial charge in [0.25, 0.3) is 0 Å². The molecule has 2 aromatic rings. The van der Waals surface area contributed by atoms with Crippen molar-refractivity contribution in [3.63, 3.8) is 0 Å². The quantitative estimate of drug-likeness (QED) is 0.388. The molecule has 0 saturated heterocycles. The largest absolute Gasteiger partial charge is 0.354 e. The molecule has 7 nitrogen and oxygen atoms in total. The van der Waals surface area contributed by atoms with Gasteiger partial charge in [-0.1, -0.05) is 72.9 Å². The summed E-state index contributed by atoms with van der Waals surface area (Å²) >= 11 is 18.4. The van der Waals surface area contributed by atoms with Crippen molar-refractivity contribution in [1.29, 1.82) is 0 Å². The number of amides is 2. The molecule has 0 aromatic heterocycles. The van der Waals surface area contributed by atoms with Crippen LogP contribution in [0.15, 0.2) is 36.4 Å². The second-order valence-corrected chi connectivity index (χ2v) is 11.3. The summed E-state index contributed by atoms with van der Waals surface area (Å²) in [6.07, 6.45) is 2.06. The van der Waals surface area contributed by atoms with Gasteiger partial charge in [0, 0.05) is 13.1 Å². The van der Waals surface area contributed by atoms with E-state index in [9.17, 15) is 18.0 Å². The lowest BCUT2D eigenvalue weighted by Gasteiger charge is -2.33. The van der Waals surface area contributed by atoms with E-state index < -0.39 is 28.5 Å². The van der Waals surface area contributed by atoms with E-state index in [1.807, 2.05) is 38.1 Å². The molecular weight excluding hydrogens is 533 g/mol. The number of benzene rings is 2. The van der Waals surface area contributed by atoms with E-state index in [0.29, 0.717) is 13.0 Å². The van der Waals surface area contributed by atoms with E-state index in [-0.39, 0.29) is 33.2 Å². The third-order valence-corrected chi connectivity index (χ3v) is 7.63. The summed E-state index contributed by atoms with van der Waals surface area (Å²) in [6, 6.07) is 9.35. The normalized spacial score (nSPS) is 12.2. The minimum absolute atomic E-state index is 0.0239. The van der Waals surface area contributed by atoms with E-state index in [4.69, 9.17) is 34.8 Å². The lowest BCUT2D eigenvalue weighted by atomic mass is 10.1. The summed E-state index contributed by atoms with van der Waals surface area (Å²) < 4.78 is 26.3. The Morgan fingerprint density at radius 2 is 1.66 bits per heavy atom. The molecule has 35 heavy (non-hydrogen) atoms. The van der Waals surface area contributed by atoms with Crippen molar-refractivity contribution >= 4 is 62.3 Å². The second-order valence-electron chi connectivity index (χ2n) is 8.15. The Balaban J connectivity index is 2.51. The topological polar surface area (TPSA) is 86.8 Å². The van der Waals surface area contributed by atoms with E-state index in [1.54, 1.807) is 6.92 Å². The number of aryl methyl sites for hydroxylation is 1. The summed E-state index contributed by atoms with van der Waals surface area (Å²) in [5, 5.41) is 3.11. The van der Waals surface area contributed by atoms with Crippen molar-refractivity contribution in [2.45, 2.75) is 46.2 Å². The molecule has 0 fully saturated rings. The number of sulfonamides is 1. The molecule has 11 heteroatoms. The second kappa shape index (κ2) is 12.8. The van der Waals surface area contributed by atoms with Crippen molar-refractivity contribution < 1.29 is 18.0 Å². The predicted octanol–water partition coefficient (Wildman–Crippen LogP) is 5.05. The SMILES string of the molecule is CCCNC(=O)[C@@H](CC)N(Cc1ccccc1C)C(=O)CN(c1cc(Cl)c(Cl)cc1Cl)S(C)(=O)=O. The van der Waals surface area contributed by atoms with E-state index >= 15 is 0 Å². The molecule has 0 aliphatic heterocycles. The van der Waals surface area contributed by atoms with Gasteiger partial charge in [0.1, 0.15) is 12.6 Å². The number of hydrogen-bond donors (Lipinski definition) is 1. The standard InChI is InChI=1S/C24H30Cl3N3O4S/c1-5-11-28-24(32)21(6-2)29(14-17-10-8-7-9-16(17)3)23(31)15-30(35(4,33)34)22-13-19(26)18(25)12-20(22)27/h7-10,12-13,21H,5-6,11,14-15H2,1-4H3,(H,28,32)/t21-/m1/s1. The van der Waals surface area contributed by atoms with Crippen LogP contribution in [-0.4, -0.2) is 50.5 Å².